The van der Waals surface area contributed by atoms with Gasteiger partial charge in [0.25, 0.3) is 5.91 Å². The predicted octanol–water partition coefficient (Wildman–Crippen LogP) is 6.59. The first kappa shape index (κ1) is 28.1. The molecule has 0 spiro atoms. The van der Waals surface area contributed by atoms with Crippen molar-refractivity contribution in [3.8, 4) is 11.3 Å². The molecular weight excluding hydrogens is 563 g/mol. The first-order chi connectivity index (χ1) is 18.3. The Balaban J connectivity index is 1.42. The number of thiazole rings is 1. The van der Waals surface area contributed by atoms with Crippen LogP contribution >= 0.6 is 46.3 Å². The Kier molecular flexibility index (Phi) is 9.43. The van der Waals surface area contributed by atoms with E-state index >= 15 is 0 Å². The van der Waals surface area contributed by atoms with Crippen molar-refractivity contribution in [1.29, 1.82) is 0 Å². The van der Waals surface area contributed by atoms with Gasteiger partial charge in [0, 0.05) is 22.5 Å². The standard InChI is InChI=1S/C26H26Cl2N6O2S2/c1-4-34-23(22(15(2)3)31-24(36)18-11-10-17(27)12-19(18)28)32-33-26(34)38-14-21(35)30-25-29-20(13-37-25)16-8-6-5-7-9-16/h5-13,15,22H,4,14H2,1-3H3,(H,31,36)(H,29,30,35)/t22-/m0/s1. The van der Waals surface area contributed by atoms with E-state index in [4.69, 9.17) is 23.2 Å². The van der Waals surface area contributed by atoms with Crippen LogP contribution in [0.3, 0.4) is 0 Å². The lowest BCUT2D eigenvalue weighted by Crippen LogP contribution is -2.34. The highest BCUT2D eigenvalue weighted by Gasteiger charge is 2.27. The summed E-state index contributed by atoms with van der Waals surface area (Å²) in [4.78, 5) is 30.1. The SMILES string of the molecule is CCn1c(SCC(=O)Nc2nc(-c3ccccc3)cs2)nnc1[C@@H](NC(=O)c1ccc(Cl)cc1Cl)C(C)C. The van der Waals surface area contributed by atoms with E-state index in [1.807, 2.05) is 61.1 Å². The van der Waals surface area contributed by atoms with Crippen LogP contribution < -0.4 is 10.6 Å². The smallest absolute Gasteiger partial charge is 0.253 e. The first-order valence-corrected chi connectivity index (χ1v) is 14.5. The van der Waals surface area contributed by atoms with Crippen molar-refractivity contribution in [3.63, 3.8) is 0 Å². The minimum Gasteiger partial charge on any atom is -0.342 e. The normalized spacial score (nSPS) is 11.9. The number of carbonyl (C=O) groups is 2. The van der Waals surface area contributed by atoms with Crippen molar-refractivity contribution in [3.05, 3.63) is 75.3 Å². The molecule has 2 amide bonds. The number of carbonyl (C=O) groups excluding carboxylic acids is 2. The number of amides is 2. The molecule has 0 fully saturated rings. The van der Waals surface area contributed by atoms with Gasteiger partial charge in [-0.05, 0) is 31.0 Å². The Morgan fingerprint density at radius 3 is 2.55 bits per heavy atom. The van der Waals surface area contributed by atoms with Crippen LogP contribution in [0.1, 0.15) is 43.0 Å². The number of halogens is 2. The summed E-state index contributed by atoms with van der Waals surface area (Å²) < 4.78 is 1.91. The van der Waals surface area contributed by atoms with Gasteiger partial charge in [-0.15, -0.1) is 21.5 Å². The molecule has 0 unspecified atom stereocenters. The number of nitrogens with one attached hydrogen (secondary N) is 2. The molecule has 8 nitrogen and oxygen atoms in total. The highest BCUT2D eigenvalue weighted by Crippen LogP contribution is 2.28. The zero-order chi connectivity index (χ0) is 27.2. The van der Waals surface area contributed by atoms with E-state index in [0.29, 0.717) is 33.2 Å². The molecule has 2 aromatic carbocycles. The maximum Gasteiger partial charge on any atom is 0.253 e. The summed E-state index contributed by atoms with van der Waals surface area (Å²) in [5, 5.41) is 18.3. The lowest BCUT2D eigenvalue weighted by Gasteiger charge is -2.22. The molecule has 1 atom stereocenters. The average molecular weight is 590 g/mol. The monoisotopic (exact) mass is 588 g/mol. The Bertz CT molecular complexity index is 1420. The topological polar surface area (TPSA) is 102 Å². The average Bonchev–Trinajstić information content (AvgIpc) is 3.53. The third kappa shape index (κ3) is 6.74. The summed E-state index contributed by atoms with van der Waals surface area (Å²) in [5.41, 5.74) is 2.14. The molecule has 2 heterocycles. The summed E-state index contributed by atoms with van der Waals surface area (Å²) in [5.74, 6) is 0.239. The molecule has 4 rings (SSSR count). The van der Waals surface area contributed by atoms with E-state index in [1.54, 1.807) is 12.1 Å². The third-order valence-electron chi connectivity index (χ3n) is 5.62. The number of benzene rings is 2. The Morgan fingerprint density at radius 1 is 1.11 bits per heavy atom. The summed E-state index contributed by atoms with van der Waals surface area (Å²) >= 11 is 14.9. The van der Waals surface area contributed by atoms with E-state index in [0.717, 1.165) is 11.3 Å². The van der Waals surface area contributed by atoms with Crippen LogP contribution in [0.4, 0.5) is 5.13 Å². The minimum absolute atomic E-state index is 0.0180. The zero-order valence-corrected chi connectivity index (χ0v) is 24.1. The van der Waals surface area contributed by atoms with Crippen molar-refractivity contribution < 1.29 is 9.59 Å². The van der Waals surface area contributed by atoms with Crippen LogP contribution in [-0.4, -0.2) is 37.3 Å². The van der Waals surface area contributed by atoms with Crippen molar-refractivity contribution in [1.82, 2.24) is 25.1 Å². The molecule has 198 valence electrons. The highest BCUT2D eigenvalue weighted by molar-refractivity contribution is 7.99. The van der Waals surface area contributed by atoms with E-state index in [2.05, 4.69) is 25.8 Å². The third-order valence-corrected chi connectivity index (χ3v) is 7.89. The van der Waals surface area contributed by atoms with Crippen molar-refractivity contribution in [2.45, 2.75) is 38.5 Å². The predicted molar refractivity (Wildman–Crippen MR) is 154 cm³/mol. The first-order valence-electron chi connectivity index (χ1n) is 11.9. The quantitative estimate of drug-likeness (QED) is 0.203. The fourth-order valence-corrected chi connectivity index (χ4v) is 5.75. The van der Waals surface area contributed by atoms with Gasteiger partial charge < -0.3 is 15.2 Å². The molecule has 12 heteroatoms. The number of hydrogen-bond donors (Lipinski definition) is 2. The maximum atomic E-state index is 13.0. The van der Waals surface area contributed by atoms with Gasteiger partial charge in [0.15, 0.2) is 16.1 Å². The van der Waals surface area contributed by atoms with E-state index in [-0.39, 0.29) is 28.5 Å². The van der Waals surface area contributed by atoms with Gasteiger partial charge in [-0.3, -0.25) is 9.59 Å². The molecule has 0 saturated heterocycles. The van der Waals surface area contributed by atoms with Gasteiger partial charge in [-0.2, -0.15) is 0 Å². The second kappa shape index (κ2) is 12.8. The highest BCUT2D eigenvalue weighted by atomic mass is 35.5. The summed E-state index contributed by atoms with van der Waals surface area (Å²) in [6.45, 7) is 6.51. The van der Waals surface area contributed by atoms with Gasteiger partial charge in [-0.1, -0.05) is 79.1 Å². The molecule has 0 aliphatic carbocycles. The molecule has 0 aliphatic rings. The fourth-order valence-electron chi connectivity index (χ4n) is 3.71. The molecule has 0 saturated carbocycles. The minimum atomic E-state index is -0.420. The number of aromatic nitrogens is 4. The Hall–Kier alpha value is -2.92. The summed E-state index contributed by atoms with van der Waals surface area (Å²) in [6, 6.07) is 14.1. The van der Waals surface area contributed by atoms with Crippen LogP contribution in [0, 0.1) is 5.92 Å². The summed E-state index contributed by atoms with van der Waals surface area (Å²) in [7, 11) is 0. The number of hydrogen-bond acceptors (Lipinski definition) is 7. The van der Waals surface area contributed by atoms with Crippen LogP contribution in [0.15, 0.2) is 59.1 Å². The number of thioether (sulfide) groups is 1. The van der Waals surface area contributed by atoms with Gasteiger partial charge in [0.1, 0.15) is 0 Å². The van der Waals surface area contributed by atoms with Crippen LogP contribution in [0.5, 0.6) is 0 Å². The van der Waals surface area contributed by atoms with E-state index in [9.17, 15) is 9.59 Å². The molecular formula is C26H26Cl2N6O2S2. The van der Waals surface area contributed by atoms with Gasteiger partial charge in [0.2, 0.25) is 5.91 Å². The molecule has 2 aromatic heterocycles. The number of nitrogens with zero attached hydrogens (tertiary/aromatic N) is 4. The Morgan fingerprint density at radius 2 is 1.87 bits per heavy atom. The molecule has 0 aliphatic heterocycles. The van der Waals surface area contributed by atoms with Gasteiger partial charge in [-0.25, -0.2) is 4.98 Å². The second-order valence-electron chi connectivity index (χ2n) is 8.65. The molecule has 0 radical (unpaired) electrons. The molecule has 2 N–H and O–H groups in total. The van der Waals surface area contributed by atoms with Crippen LogP contribution in [-0.2, 0) is 11.3 Å². The van der Waals surface area contributed by atoms with Crippen molar-refractivity contribution in [2.75, 3.05) is 11.1 Å². The lowest BCUT2D eigenvalue weighted by atomic mass is 10.0. The second-order valence-corrected chi connectivity index (χ2v) is 11.3. The van der Waals surface area contributed by atoms with E-state index < -0.39 is 6.04 Å². The maximum absolute atomic E-state index is 13.0. The fraction of sp³-hybridized carbons (Fsp3) is 0.269. The molecule has 38 heavy (non-hydrogen) atoms. The Labute approximate surface area is 239 Å². The van der Waals surface area contributed by atoms with Crippen molar-refractivity contribution in [2.24, 2.45) is 5.92 Å². The largest absolute Gasteiger partial charge is 0.342 e. The number of anilines is 1. The lowest BCUT2D eigenvalue weighted by molar-refractivity contribution is -0.113. The zero-order valence-electron chi connectivity index (χ0n) is 20.9. The van der Waals surface area contributed by atoms with E-state index in [1.165, 1.54) is 29.2 Å². The van der Waals surface area contributed by atoms with Crippen molar-refractivity contribution >= 4 is 63.2 Å². The van der Waals surface area contributed by atoms with Gasteiger partial charge in [0.05, 0.1) is 28.1 Å². The number of rotatable bonds is 10. The van der Waals surface area contributed by atoms with Crippen LogP contribution in [0.2, 0.25) is 10.0 Å². The molecule has 0 bridgehead atoms. The summed E-state index contributed by atoms with van der Waals surface area (Å²) in [6.07, 6.45) is 0. The van der Waals surface area contributed by atoms with Crippen LogP contribution in [0.25, 0.3) is 11.3 Å². The van der Waals surface area contributed by atoms with Gasteiger partial charge >= 0.3 is 0 Å². The molecule has 4 aromatic rings.